The summed E-state index contributed by atoms with van der Waals surface area (Å²) in [5.74, 6) is 0.192. The molecule has 0 saturated heterocycles. The summed E-state index contributed by atoms with van der Waals surface area (Å²) < 4.78 is 0. The van der Waals surface area contributed by atoms with Gasteiger partial charge in [0, 0.05) is 0 Å². The zero-order valence-electron chi connectivity index (χ0n) is 8.25. The number of nitrogens with zero attached hydrogens (tertiary/aromatic N) is 2. The standard InChI is InChI=1S/C12H8N2O2/c15-9-5-1-3-7-11(9)12-8(14-13-7)4-2-6-10(12)16/h1-6,15-16H. The van der Waals surface area contributed by atoms with Gasteiger partial charge in [0.1, 0.15) is 11.5 Å². The van der Waals surface area contributed by atoms with Crippen LogP contribution in [-0.2, 0) is 0 Å². The molecular weight excluding hydrogens is 204 g/mol. The van der Waals surface area contributed by atoms with Crippen LogP contribution in [-0.4, -0.2) is 20.4 Å². The molecule has 78 valence electrons. The molecule has 0 aliphatic rings. The predicted octanol–water partition coefficient (Wildman–Crippen LogP) is 2.19. The largest absolute Gasteiger partial charge is 0.507 e. The van der Waals surface area contributed by atoms with Crippen molar-refractivity contribution in [3.05, 3.63) is 36.4 Å². The summed E-state index contributed by atoms with van der Waals surface area (Å²) in [5.41, 5.74) is 1.13. The first kappa shape index (κ1) is 8.91. The van der Waals surface area contributed by atoms with Crippen molar-refractivity contribution in [3.63, 3.8) is 0 Å². The third kappa shape index (κ3) is 1.10. The molecule has 2 aromatic carbocycles. The average molecular weight is 212 g/mol. The number of aromatic nitrogens is 2. The number of benzene rings is 2. The highest BCUT2D eigenvalue weighted by atomic mass is 16.3. The minimum Gasteiger partial charge on any atom is -0.507 e. The fourth-order valence-corrected chi connectivity index (χ4v) is 1.84. The summed E-state index contributed by atoms with van der Waals surface area (Å²) in [4.78, 5) is 0. The van der Waals surface area contributed by atoms with Gasteiger partial charge in [-0.15, -0.1) is 10.2 Å². The van der Waals surface area contributed by atoms with E-state index in [1.54, 1.807) is 36.4 Å². The highest BCUT2D eigenvalue weighted by Gasteiger charge is 2.10. The molecule has 0 unspecified atom stereocenters. The fourth-order valence-electron chi connectivity index (χ4n) is 1.84. The smallest absolute Gasteiger partial charge is 0.125 e. The fraction of sp³-hybridized carbons (Fsp3) is 0. The van der Waals surface area contributed by atoms with Crippen LogP contribution in [0.25, 0.3) is 21.8 Å². The minimum atomic E-state index is 0.0962. The highest BCUT2D eigenvalue weighted by Crippen LogP contribution is 2.34. The summed E-state index contributed by atoms with van der Waals surface area (Å²) in [5, 5.41) is 28.7. The topological polar surface area (TPSA) is 66.2 Å². The van der Waals surface area contributed by atoms with Crippen LogP contribution in [0.5, 0.6) is 11.5 Å². The summed E-state index contributed by atoms with van der Waals surface area (Å²) >= 11 is 0. The van der Waals surface area contributed by atoms with Crippen LogP contribution in [0.4, 0.5) is 0 Å². The molecular formula is C12H8N2O2. The molecule has 0 amide bonds. The van der Waals surface area contributed by atoms with Crippen molar-refractivity contribution in [1.82, 2.24) is 10.2 Å². The predicted molar refractivity (Wildman–Crippen MR) is 60.4 cm³/mol. The van der Waals surface area contributed by atoms with Crippen LogP contribution in [0.2, 0.25) is 0 Å². The lowest BCUT2D eigenvalue weighted by atomic mass is 10.1. The molecule has 4 nitrogen and oxygen atoms in total. The van der Waals surface area contributed by atoms with E-state index in [4.69, 9.17) is 0 Å². The van der Waals surface area contributed by atoms with Crippen LogP contribution in [0, 0.1) is 0 Å². The van der Waals surface area contributed by atoms with E-state index in [1.807, 2.05) is 0 Å². The molecule has 0 saturated carbocycles. The second-order valence-corrected chi connectivity index (χ2v) is 3.54. The molecule has 0 aliphatic carbocycles. The second-order valence-electron chi connectivity index (χ2n) is 3.54. The van der Waals surface area contributed by atoms with Gasteiger partial charge in [-0.05, 0) is 24.3 Å². The Bertz CT molecular complexity index is 634. The molecule has 0 fully saturated rings. The van der Waals surface area contributed by atoms with Gasteiger partial charge < -0.3 is 10.2 Å². The molecule has 0 aliphatic heterocycles. The molecule has 3 aromatic rings. The second kappa shape index (κ2) is 3.06. The minimum absolute atomic E-state index is 0.0962. The van der Waals surface area contributed by atoms with Crippen LogP contribution >= 0.6 is 0 Å². The van der Waals surface area contributed by atoms with Gasteiger partial charge in [-0.3, -0.25) is 0 Å². The van der Waals surface area contributed by atoms with E-state index in [0.29, 0.717) is 21.8 Å². The Hall–Kier alpha value is -2.36. The van der Waals surface area contributed by atoms with Crippen LogP contribution in [0.15, 0.2) is 36.4 Å². The number of rotatable bonds is 0. The Kier molecular flexibility index (Phi) is 1.71. The van der Waals surface area contributed by atoms with Crippen molar-refractivity contribution >= 4 is 21.8 Å². The quantitative estimate of drug-likeness (QED) is 0.560. The summed E-state index contributed by atoms with van der Waals surface area (Å²) in [7, 11) is 0. The van der Waals surface area contributed by atoms with Gasteiger partial charge >= 0.3 is 0 Å². The maximum absolute atomic E-state index is 9.81. The lowest BCUT2D eigenvalue weighted by Gasteiger charge is -2.05. The lowest BCUT2D eigenvalue weighted by molar-refractivity contribution is 0.477. The Balaban J connectivity index is 2.67. The van der Waals surface area contributed by atoms with Crippen molar-refractivity contribution in [1.29, 1.82) is 0 Å². The van der Waals surface area contributed by atoms with Crippen LogP contribution in [0.3, 0.4) is 0 Å². The van der Waals surface area contributed by atoms with Crippen molar-refractivity contribution in [2.45, 2.75) is 0 Å². The molecule has 4 heteroatoms. The van der Waals surface area contributed by atoms with Gasteiger partial charge in [0.2, 0.25) is 0 Å². The van der Waals surface area contributed by atoms with Crippen molar-refractivity contribution in [2.75, 3.05) is 0 Å². The molecule has 3 rings (SSSR count). The van der Waals surface area contributed by atoms with E-state index in [1.165, 1.54) is 0 Å². The Labute approximate surface area is 90.8 Å². The molecule has 0 atom stereocenters. The Morgan fingerprint density at radius 1 is 0.688 bits per heavy atom. The van der Waals surface area contributed by atoms with Gasteiger partial charge in [0.05, 0.1) is 21.8 Å². The van der Waals surface area contributed by atoms with Crippen molar-refractivity contribution in [2.24, 2.45) is 0 Å². The monoisotopic (exact) mass is 212 g/mol. The summed E-state index contributed by atoms with van der Waals surface area (Å²) in [6.45, 7) is 0. The van der Waals surface area contributed by atoms with Gasteiger partial charge in [0.15, 0.2) is 0 Å². The van der Waals surface area contributed by atoms with Crippen LogP contribution < -0.4 is 0 Å². The van der Waals surface area contributed by atoms with Gasteiger partial charge in [0.25, 0.3) is 0 Å². The van der Waals surface area contributed by atoms with E-state index >= 15 is 0 Å². The first-order valence-corrected chi connectivity index (χ1v) is 4.83. The van der Waals surface area contributed by atoms with Gasteiger partial charge in [-0.2, -0.15) is 0 Å². The Morgan fingerprint density at radius 2 is 1.12 bits per heavy atom. The van der Waals surface area contributed by atoms with Crippen LogP contribution in [0.1, 0.15) is 0 Å². The average Bonchev–Trinajstić information content (AvgIpc) is 2.29. The molecule has 0 spiro atoms. The van der Waals surface area contributed by atoms with Gasteiger partial charge in [-0.1, -0.05) is 12.1 Å². The van der Waals surface area contributed by atoms with E-state index in [9.17, 15) is 10.2 Å². The summed E-state index contributed by atoms with van der Waals surface area (Å²) in [6.07, 6.45) is 0. The first-order valence-electron chi connectivity index (χ1n) is 4.83. The van der Waals surface area contributed by atoms with E-state index in [-0.39, 0.29) is 11.5 Å². The molecule has 16 heavy (non-hydrogen) atoms. The summed E-state index contributed by atoms with van der Waals surface area (Å²) in [6, 6.07) is 10.0. The molecule has 1 aromatic heterocycles. The van der Waals surface area contributed by atoms with E-state index in [2.05, 4.69) is 10.2 Å². The third-order valence-corrected chi connectivity index (χ3v) is 2.56. The molecule has 2 N–H and O–H groups in total. The number of aromatic hydroxyl groups is 2. The SMILES string of the molecule is Oc1cccc2nnc3cccc(O)c3c12. The van der Waals surface area contributed by atoms with Crippen molar-refractivity contribution < 1.29 is 10.2 Å². The zero-order chi connectivity index (χ0) is 11.1. The molecule has 0 bridgehead atoms. The third-order valence-electron chi connectivity index (χ3n) is 2.56. The number of hydrogen-bond acceptors (Lipinski definition) is 4. The van der Waals surface area contributed by atoms with E-state index in [0.717, 1.165) is 0 Å². The number of fused-ring (bicyclic) bond motifs is 3. The normalized spacial score (nSPS) is 11.0. The van der Waals surface area contributed by atoms with Crippen molar-refractivity contribution in [3.8, 4) is 11.5 Å². The first-order chi connectivity index (χ1) is 7.77. The van der Waals surface area contributed by atoms with E-state index < -0.39 is 0 Å². The molecule has 1 heterocycles. The Morgan fingerprint density at radius 3 is 1.56 bits per heavy atom. The number of hydrogen-bond donors (Lipinski definition) is 2. The van der Waals surface area contributed by atoms with Gasteiger partial charge in [-0.25, -0.2) is 0 Å². The maximum Gasteiger partial charge on any atom is 0.125 e. The maximum atomic E-state index is 9.81. The zero-order valence-corrected chi connectivity index (χ0v) is 8.25. The molecule has 0 radical (unpaired) electrons. The highest BCUT2D eigenvalue weighted by molar-refractivity contribution is 6.09. The number of phenolic OH excluding ortho intramolecular Hbond substituents is 2. The number of phenols is 2. The lowest BCUT2D eigenvalue weighted by Crippen LogP contribution is -1.87.